The van der Waals surface area contributed by atoms with Crippen LogP contribution in [0.15, 0.2) is 42.5 Å². The molecule has 0 saturated carbocycles. The molecule has 0 radical (unpaired) electrons. The molecule has 0 spiro atoms. The van der Waals surface area contributed by atoms with Gasteiger partial charge in [0.15, 0.2) is 11.5 Å². The van der Waals surface area contributed by atoms with Crippen molar-refractivity contribution in [3.63, 3.8) is 0 Å². The highest BCUT2D eigenvalue weighted by molar-refractivity contribution is 6.30. The van der Waals surface area contributed by atoms with Crippen LogP contribution in [0.1, 0.15) is 54.3 Å². The molecule has 2 aliphatic rings. The number of hydrogen-bond acceptors (Lipinski definition) is 6. The van der Waals surface area contributed by atoms with Gasteiger partial charge < -0.3 is 19.1 Å². The fraction of sp³-hybridized carbons (Fsp3) is 0.467. The Bertz CT molecular complexity index is 1270. The summed E-state index contributed by atoms with van der Waals surface area (Å²) < 4.78 is 17.3. The molecular formula is C30H37ClN4O4. The average Bonchev–Trinajstić information content (AvgIpc) is 3.48. The maximum atomic E-state index is 13.7. The van der Waals surface area contributed by atoms with Crippen molar-refractivity contribution in [3.05, 3.63) is 64.3 Å². The summed E-state index contributed by atoms with van der Waals surface area (Å²) in [6.45, 7) is 9.89. The molecule has 1 N–H and O–H groups in total. The van der Waals surface area contributed by atoms with E-state index in [4.69, 9.17) is 25.8 Å². The lowest BCUT2D eigenvalue weighted by Gasteiger charge is -2.30. The number of halogens is 1. The van der Waals surface area contributed by atoms with E-state index in [1.807, 2.05) is 47.4 Å². The lowest BCUT2D eigenvalue weighted by atomic mass is 9.95. The standard InChI is InChI=1S/C30H37ClN4O4/c1-20(2)11-16-39-24-10-7-22(19-25(24)37-3)29-26-27(21-5-8-23(31)9-6-21)32-33-28(26)30(36)35(29)13-4-12-34-14-17-38-18-15-34/h5-10,19-20,29H,4,11-18H2,1-3H3,(H,32,33). The second-order valence-electron chi connectivity index (χ2n) is 10.5. The number of amides is 1. The number of H-pyrrole nitrogens is 1. The van der Waals surface area contributed by atoms with Crippen LogP contribution in [0.25, 0.3) is 11.3 Å². The molecule has 8 nitrogen and oxygen atoms in total. The number of ether oxygens (including phenoxy) is 3. The van der Waals surface area contributed by atoms with Gasteiger partial charge >= 0.3 is 0 Å². The minimum atomic E-state index is -0.305. The van der Waals surface area contributed by atoms with E-state index in [2.05, 4.69) is 28.9 Å². The summed E-state index contributed by atoms with van der Waals surface area (Å²) in [5.74, 6) is 1.87. The Hall–Kier alpha value is -3.07. The largest absolute Gasteiger partial charge is 0.493 e. The van der Waals surface area contributed by atoms with Gasteiger partial charge in [0, 0.05) is 42.3 Å². The molecule has 9 heteroatoms. The van der Waals surface area contributed by atoms with Crippen molar-refractivity contribution in [2.45, 2.75) is 32.7 Å². The highest BCUT2D eigenvalue weighted by atomic mass is 35.5. The van der Waals surface area contributed by atoms with E-state index >= 15 is 0 Å². The summed E-state index contributed by atoms with van der Waals surface area (Å²) in [6.07, 6.45) is 1.82. The molecular weight excluding hydrogens is 516 g/mol. The van der Waals surface area contributed by atoms with Crippen LogP contribution < -0.4 is 9.47 Å². The number of aromatic amines is 1. The zero-order valence-electron chi connectivity index (χ0n) is 22.9. The van der Waals surface area contributed by atoms with Crippen LogP contribution in [-0.4, -0.2) is 79.0 Å². The second-order valence-corrected chi connectivity index (χ2v) is 11.0. The summed E-state index contributed by atoms with van der Waals surface area (Å²) in [6, 6.07) is 13.2. The fourth-order valence-electron chi connectivity index (χ4n) is 5.27. The first kappa shape index (κ1) is 27.5. The lowest BCUT2D eigenvalue weighted by molar-refractivity contribution is 0.0354. The molecule has 3 heterocycles. The maximum Gasteiger partial charge on any atom is 0.273 e. The van der Waals surface area contributed by atoms with Crippen molar-refractivity contribution in [3.8, 4) is 22.8 Å². The molecule has 1 amide bonds. The Balaban J connectivity index is 1.47. The smallest absolute Gasteiger partial charge is 0.273 e. The van der Waals surface area contributed by atoms with Crippen LogP contribution in [0.3, 0.4) is 0 Å². The first-order valence-electron chi connectivity index (χ1n) is 13.7. The fourth-order valence-corrected chi connectivity index (χ4v) is 5.40. The molecule has 0 bridgehead atoms. The minimum Gasteiger partial charge on any atom is -0.493 e. The average molecular weight is 553 g/mol. The van der Waals surface area contributed by atoms with Crippen LogP contribution >= 0.6 is 11.6 Å². The number of carbonyl (C=O) groups excluding carboxylic acids is 1. The van der Waals surface area contributed by atoms with Gasteiger partial charge in [-0.2, -0.15) is 5.10 Å². The van der Waals surface area contributed by atoms with E-state index in [1.54, 1.807) is 7.11 Å². The van der Waals surface area contributed by atoms with E-state index in [9.17, 15) is 4.79 Å². The van der Waals surface area contributed by atoms with Gasteiger partial charge in [-0.05, 0) is 48.6 Å². The third kappa shape index (κ3) is 6.08. The quantitative estimate of drug-likeness (QED) is 0.342. The summed E-state index contributed by atoms with van der Waals surface area (Å²) >= 11 is 6.16. The molecule has 3 aromatic rings. The topological polar surface area (TPSA) is 79.9 Å². The molecule has 1 atom stereocenters. The Morgan fingerprint density at radius 3 is 2.59 bits per heavy atom. The van der Waals surface area contributed by atoms with Crippen molar-refractivity contribution < 1.29 is 19.0 Å². The van der Waals surface area contributed by atoms with Gasteiger partial charge in [0.05, 0.1) is 38.7 Å². The predicted molar refractivity (Wildman–Crippen MR) is 152 cm³/mol. The molecule has 0 aliphatic carbocycles. The van der Waals surface area contributed by atoms with E-state index < -0.39 is 0 Å². The van der Waals surface area contributed by atoms with Crippen molar-refractivity contribution in [1.29, 1.82) is 0 Å². The van der Waals surface area contributed by atoms with Crippen molar-refractivity contribution in [2.24, 2.45) is 5.92 Å². The van der Waals surface area contributed by atoms with Crippen LogP contribution in [0.4, 0.5) is 0 Å². The third-order valence-corrected chi connectivity index (χ3v) is 7.67. The van der Waals surface area contributed by atoms with Gasteiger partial charge in [0.25, 0.3) is 5.91 Å². The number of nitrogens with one attached hydrogen (secondary N) is 1. The van der Waals surface area contributed by atoms with E-state index in [0.29, 0.717) is 41.3 Å². The van der Waals surface area contributed by atoms with Crippen LogP contribution in [-0.2, 0) is 4.74 Å². The highest BCUT2D eigenvalue weighted by Gasteiger charge is 2.42. The molecule has 208 valence electrons. The number of methoxy groups -OCH3 is 1. The highest BCUT2D eigenvalue weighted by Crippen LogP contribution is 2.44. The Kier molecular flexibility index (Phi) is 8.75. The number of carbonyl (C=O) groups is 1. The van der Waals surface area contributed by atoms with Crippen molar-refractivity contribution in [2.75, 3.05) is 53.1 Å². The zero-order chi connectivity index (χ0) is 27.4. The molecule has 1 unspecified atom stereocenters. The van der Waals surface area contributed by atoms with Gasteiger partial charge in [-0.25, -0.2) is 0 Å². The van der Waals surface area contributed by atoms with Crippen molar-refractivity contribution >= 4 is 17.5 Å². The van der Waals surface area contributed by atoms with Gasteiger partial charge in [0.2, 0.25) is 0 Å². The summed E-state index contributed by atoms with van der Waals surface area (Å²) in [4.78, 5) is 18.1. The van der Waals surface area contributed by atoms with Crippen LogP contribution in [0.5, 0.6) is 11.5 Å². The minimum absolute atomic E-state index is 0.0408. The first-order chi connectivity index (χ1) is 19.0. The summed E-state index contributed by atoms with van der Waals surface area (Å²) in [7, 11) is 1.65. The zero-order valence-corrected chi connectivity index (χ0v) is 23.7. The van der Waals surface area contributed by atoms with E-state index in [-0.39, 0.29) is 11.9 Å². The number of benzene rings is 2. The Morgan fingerprint density at radius 2 is 1.87 bits per heavy atom. The molecule has 39 heavy (non-hydrogen) atoms. The van der Waals surface area contributed by atoms with Crippen molar-refractivity contribution in [1.82, 2.24) is 20.0 Å². The van der Waals surface area contributed by atoms with E-state index in [0.717, 1.165) is 68.1 Å². The van der Waals surface area contributed by atoms with Gasteiger partial charge in [-0.3, -0.25) is 14.8 Å². The van der Waals surface area contributed by atoms with Gasteiger partial charge in [-0.1, -0.05) is 43.6 Å². The van der Waals surface area contributed by atoms with E-state index in [1.165, 1.54) is 0 Å². The number of fused-ring (bicyclic) bond motifs is 1. The maximum absolute atomic E-state index is 13.7. The van der Waals surface area contributed by atoms with Gasteiger partial charge in [0.1, 0.15) is 5.69 Å². The van der Waals surface area contributed by atoms with Crippen LogP contribution in [0.2, 0.25) is 5.02 Å². The number of nitrogens with zero attached hydrogens (tertiary/aromatic N) is 3. The Morgan fingerprint density at radius 1 is 1.10 bits per heavy atom. The molecule has 1 aromatic heterocycles. The molecule has 1 saturated heterocycles. The SMILES string of the molecule is COc1cc(C2c3c(-c4ccc(Cl)cc4)n[nH]c3C(=O)N2CCCN2CCOCC2)ccc1OCCC(C)C. The number of rotatable bonds is 11. The molecule has 2 aliphatic heterocycles. The Labute approximate surface area is 235 Å². The number of aromatic nitrogens is 2. The van der Waals surface area contributed by atoms with Gasteiger partial charge in [-0.15, -0.1) is 0 Å². The summed E-state index contributed by atoms with van der Waals surface area (Å²) in [5.41, 5.74) is 4.03. The third-order valence-electron chi connectivity index (χ3n) is 7.41. The molecule has 2 aromatic carbocycles. The normalized spacial score (nSPS) is 17.6. The lowest BCUT2D eigenvalue weighted by Crippen LogP contribution is -2.38. The first-order valence-corrected chi connectivity index (χ1v) is 14.1. The second kappa shape index (κ2) is 12.4. The number of morpholine rings is 1. The molecule has 1 fully saturated rings. The predicted octanol–water partition coefficient (Wildman–Crippen LogP) is 5.43. The summed E-state index contributed by atoms with van der Waals surface area (Å²) in [5, 5.41) is 8.27. The van der Waals surface area contributed by atoms with Crippen LogP contribution in [0, 0.1) is 5.92 Å². The number of hydrogen-bond donors (Lipinski definition) is 1. The monoisotopic (exact) mass is 552 g/mol. The molecule has 5 rings (SSSR count).